The second-order valence-electron chi connectivity index (χ2n) is 4.40. The molecule has 1 aromatic rings. The standard InChI is InChI=1S/C11H17N3OS/c1-8-3-2-4-9(7-8)13-10(15)14-11-12-5-6-16-11/h5-6,8-9H,2-4,7H2,1H3,(H2,12,13,14,15). The molecule has 2 N–H and O–H groups in total. The summed E-state index contributed by atoms with van der Waals surface area (Å²) >= 11 is 1.43. The average Bonchev–Trinajstić information content (AvgIpc) is 2.70. The predicted molar refractivity (Wildman–Crippen MR) is 65.7 cm³/mol. The summed E-state index contributed by atoms with van der Waals surface area (Å²) in [5.41, 5.74) is 0. The summed E-state index contributed by atoms with van der Waals surface area (Å²) in [6.45, 7) is 2.24. The van der Waals surface area contributed by atoms with Crippen LogP contribution in [0.4, 0.5) is 9.93 Å². The smallest absolute Gasteiger partial charge is 0.321 e. The predicted octanol–water partition coefficient (Wildman–Crippen LogP) is 2.84. The van der Waals surface area contributed by atoms with Crippen LogP contribution >= 0.6 is 11.3 Å². The molecule has 1 aliphatic carbocycles. The second-order valence-corrected chi connectivity index (χ2v) is 5.30. The molecule has 1 aromatic heterocycles. The van der Waals surface area contributed by atoms with Crippen LogP contribution < -0.4 is 10.6 Å². The minimum absolute atomic E-state index is 0.131. The Morgan fingerprint density at radius 1 is 1.56 bits per heavy atom. The summed E-state index contributed by atoms with van der Waals surface area (Å²) in [5, 5.41) is 8.25. The molecule has 2 atom stereocenters. The summed E-state index contributed by atoms with van der Waals surface area (Å²) in [6.07, 6.45) is 6.36. The van der Waals surface area contributed by atoms with Crippen molar-refractivity contribution >= 4 is 22.5 Å². The lowest BCUT2D eigenvalue weighted by atomic mass is 9.87. The Hall–Kier alpha value is -1.10. The Balaban J connectivity index is 1.78. The minimum Gasteiger partial charge on any atom is -0.335 e. The quantitative estimate of drug-likeness (QED) is 0.833. The van der Waals surface area contributed by atoms with Crippen LogP contribution in [0.25, 0.3) is 0 Å². The molecule has 1 heterocycles. The lowest BCUT2D eigenvalue weighted by Gasteiger charge is -2.27. The zero-order valence-corrected chi connectivity index (χ0v) is 10.2. The Bertz CT molecular complexity index is 339. The van der Waals surface area contributed by atoms with Gasteiger partial charge in [0.05, 0.1) is 0 Å². The van der Waals surface area contributed by atoms with E-state index in [1.165, 1.54) is 24.2 Å². The molecule has 0 radical (unpaired) electrons. The van der Waals surface area contributed by atoms with Crippen molar-refractivity contribution in [2.45, 2.75) is 38.6 Å². The molecule has 4 nitrogen and oxygen atoms in total. The van der Waals surface area contributed by atoms with Crippen LogP contribution in [-0.4, -0.2) is 17.1 Å². The lowest BCUT2D eigenvalue weighted by Crippen LogP contribution is -2.40. The van der Waals surface area contributed by atoms with Crippen LogP contribution in [0.1, 0.15) is 32.6 Å². The molecule has 16 heavy (non-hydrogen) atoms. The molecular weight excluding hydrogens is 222 g/mol. The Kier molecular flexibility index (Phi) is 3.77. The van der Waals surface area contributed by atoms with Crippen molar-refractivity contribution in [2.24, 2.45) is 5.92 Å². The number of carbonyl (C=O) groups is 1. The van der Waals surface area contributed by atoms with Crippen molar-refractivity contribution in [1.29, 1.82) is 0 Å². The summed E-state index contributed by atoms with van der Waals surface area (Å²) in [4.78, 5) is 15.6. The monoisotopic (exact) mass is 239 g/mol. The zero-order valence-electron chi connectivity index (χ0n) is 9.40. The van der Waals surface area contributed by atoms with Gasteiger partial charge in [0.1, 0.15) is 0 Å². The van der Waals surface area contributed by atoms with Gasteiger partial charge in [0, 0.05) is 17.6 Å². The van der Waals surface area contributed by atoms with Crippen LogP contribution in [0, 0.1) is 5.92 Å². The van der Waals surface area contributed by atoms with E-state index in [-0.39, 0.29) is 6.03 Å². The highest BCUT2D eigenvalue weighted by Crippen LogP contribution is 2.23. The van der Waals surface area contributed by atoms with E-state index < -0.39 is 0 Å². The minimum atomic E-state index is -0.131. The molecule has 88 valence electrons. The van der Waals surface area contributed by atoms with Crippen molar-refractivity contribution < 1.29 is 4.79 Å². The van der Waals surface area contributed by atoms with E-state index >= 15 is 0 Å². The molecule has 0 spiro atoms. The maximum Gasteiger partial charge on any atom is 0.321 e. The largest absolute Gasteiger partial charge is 0.335 e. The topological polar surface area (TPSA) is 54.0 Å². The van der Waals surface area contributed by atoms with Crippen LogP contribution in [0.15, 0.2) is 11.6 Å². The molecule has 1 saturated carbocycles. The van der Waals surface area contributed by atoms with E-state index in [0.29, 0.717) is 11.2 Å². The van der Waals surface area contributed by atoms with Crippen LogP contribution in [0.5, 0.6) is 0 Å². The summed E-state index contributed by atoms with van der Waals surface area (Å²) < 4.78 is 0. The molecule has 0 aliphatic heterocycles. The third-order valence-electron chi connectivity index (χ3n) is 2.92. The molecule has 2 rings (SSSR count). The first-order chi connectivity index (χ1) is 7.74. The van der Waals surface area contributed by atoms with Gasteiger partial charge in [0.15, 0.2) is 5.13 Å². The number of hydrogen-bond acceptors (Lipinski definition) is 3. The van der Waals surface area contributed by atoms with Crippen LogP contribution in [0.3, 0.4) is 0 Å². The van der Waals surface area contributed by atoms with Gasteiger partial charge in [0.25, 0.3) is 0 Å². The van der Waals surface area contributed by atoms with Gasteiger partial charge in [-0.05, 0) is 18.8 Å². The zero-order chi connectivity index (χ0) is 11.4. The molecule has 0 aromatic carbocycles. The third-order valence-corrected chi connectivity index (χ3v) is 3.61. The highest BCUT2D eigenvalue weighted by atomic mass is 32.1. The fourth-order valence-electron chi connectivity index (χ4n) is 2.17. The van der Waals surface area contributed by atoms with Crippen molar-refractivity contribution in [1.82, 2.24) is 10.3 Å². The van der Waals surface area contributed by atoms with Crippen LogP contribution in [0.2, 0.25) is 0 Å². The van der Waals surface area contributed by atoms with Gasteiger partial charge < -0.3 is 5.32 Å². The van der Waals surface area contributed by atoms with Gasteiger partial charge in [-0.3, -0.25) is 5.32 Å². The lowest BCUT2D eigenvalue weighted by molar-refractivity contribution is 0.238. The van der Waals surface area contributed by atoms with E-state index in [1.807, 2.05) is 5.38 Å². The first-order valence-corrected chi connectivity index (χ1v) is 6.59. The Morgan fingerprint density at radius 3 is 3.12 bits per heavy atom. The fourth-order valence-corrected chi connectivity index (χ4v) is 2.69. The van der Waals surface area contributed by atoms with Gasteiger partial charge in [0.2, 0.25) is 0 Å². The number of carbonyl (C=O) groups excluding carboxylic acids is 1. The normalized spacial score (nSPS) is 25.1. The van der Waals surface area contributed by atoms with Crippen molar-refractivity contribution in [3.8, 4) is 0 Å². The van der Waals surface area contributed by atoms with E-state index in [0.717, 1.165) is 18.8 Å². The number of anilines is 1. The van der Waals surface area contributed by atoms with Gasteiger partial charge in [-0.2, -0.15) is 0 Å². The van der Waals surface area contributed by atoms with E-state index in [9.17, 15) is 4.79 Å². The van der Waals surface area contributed by atoms with Crippen molar-refractivity contribution in [2.75, 3.05) is 5.32 Å². The number of hydrogen-bond donors (Lipinski definition) is 2. The number of aromatic nitrogens is 1. The fraction of sp³-hybridized carbons (Fsp3) is 0.636. The Morgan fingerprint density at radius 2 is 2.44 bits per heavy atom. The van der Waals surface area contributed by atoms with Crippen LogP contribution in [-0.2, 0) is 0 Å². The van der Waals surface area contributed by atoms with Gasteiger partial charge in [-0.25, -0.2) is 9.78 Å². The maximum absolute atomic E-state index is 11.6. The van der Waals surface area contributed by atoms with E-state index in [1.54, 1.807) is 6.20 Å². The molecule has 5 heteroatoms. The highest BCUT2D eigenvalue weighted by Gasteiger charge is 2.20. The average molecular weight is 239 g/mol. The second kappa shape index (κ2) is 5.30. The third kappa shape index (κ3) is 3.20. The number of nitrogens with one attached hydrogen (secondary N) is 2. The molecule has 1 aliphatic rings. The summed E-state index contributed by atoms with van der Waals surface area (Å²) in [7, 11) is 0. The molecule has 0 bridgehead atoms. The molecule has 0 saturated heterocycles. The molecule has 1 fully saturated rings. The van der Waals surface area contributed by atoms with Gasteiger partial charge in [-0.15, -0.1) is 11.3 Å². The Labute approximate surface area is 99.5 Å². The first kappa shape index (κ1) is 11.4. The number of urea groups is 1. The molecule has 2 amide bonds. The van der Waals surface area contributed by atoms with E-state index in [4.69, 9.17) is 0 Å². The SMILES string of the molecule is CC1CCCC(NC(=O)Nc2nccs2)C1. The summed E-state index contributed by atoms with van der Waals surface area (Å²) in [5.74, 6) is 0.721. The maximum atomic E-state index is 11.6. The molecule has 2 unspecified atom stereocenters. The first-order valence-electron chi connectivity index (χ1n) is 5.71. The van der Waals surface area contributed by atoms with E-state index in [2.05, 4.69) is 22.5 Å². The van der Waals surface area contributed by atoms with Gasteiger partial charge in [-0.1, -0.05) is 19.8 Å². The van der Waals surface area contributed by atoms with Crippen molar-refractivity contribution in [3.63, 3.8) is 0 Å². The highest BCUT2D eigenvalue weighted by molar-refractivity contribution is 7.13. The van der Waals surface area contributed by atoms with Crippen molar-refractivity contribution in [3.05, 3.63) is 11.6 Å². The number of thiazole rings is 1. The van der Waals surface area contributed by atoms with Gasteiger partial charge >= 0.3 is 6.03 Å². The number of amides is 2. The summed E-state index contributed by atoms with van der Waals surface area (Å²) in [6, 6.07) is 0.192. The molecular formula is C11H17N3OS. The number of nitrogens with zero attached hydrogens (tertiary/aromatic N) is 1. The number of rotatable bonds is 2.